The average molecular weight is 240 g/mol. The Morgan fingerprint density at radius 2 is 2.20 bits per heavy atom. The zero-order valence-electron chi connectivity index (χ0n) is 7.43. The average Bonchev–Trinajstić information content (AvgIpc) is 2.15. The normalized spacial score (nSPS) is 10.5. The molecule has 0 unspecified atom stereocenters. The summed E-state index contributed by atoms with van der Waals surface area (Å²) in [5.41, 5.74) is -1.95. The van der Waals surface area contributed by atoms with Crippen LogP contribution < -0.4 is 4.74 Å². The fraction of sp³-hybridized carbons (Fsp3) is 0.250. The summed E-state index contributed by atoms with van der Waals surface area (Å²) >= 11 is 4.96. The number of nitrogens with zero attached hydrogens (tertiary/aromatic N) is 1. The molecule has 0 fully saturated rings. The summed E-state index contributed by atoms with van der Waals surface area (Å²) in [5.74, 6) is -1.53. The maximum Gasteiger partial charge on any atom is 0.281 e. The van der Waals surface area contributed by atoms with Crippen LogP contribution in [0.25, 0.3) is 0 Å². The van der Waals surface area contributed by atoms with Gasteiger partial charge < -0.3 is 4.74 Å². The highest BCUT2D eigenvalue weighted by Gasteiger charge is 2.24. The second-order valence-corrected chi connectivity index (χ2v) is 2.82. The van der Waals surface area contributed by atoms with Crippen molar-refractivity contribution in [3.8, 4) is 5.88 Å². The van der Waals surface area contributed by atoms with Gasteiger partial charge in [0.25, 0.3) is 11.7 Å². The molecule has 0 spiro atoms. The SMILES string of the molecule is COc1cc(F)c(C(=O)Cl)c(C(F)F)n1. The molecule has 1 aromatic rings. The second kappa shape index (κ2) is 4.48. The topological polar surface area (TPSA) is 39.2 Å². The number of aromatic nitrogens is 1. The predicted molar refractivity (Wildman–Crippen MR) is 45.9 cm³/mol. The van der Waals surface area contributed by atoms with Gasteiger partial charge in [-0.15, -0.1) is 0 Å². The van der Waals surface area contributed by atoms with Gasteiger partial charge in [-0.2, -0.15) is 0 Å². The van der Waals surface area contributed by atoms with E-state index in [9.17, 15) is 18.0 Å². The van der Waals surface area contributed by atoms with Gasteiger partial charge in [0.2, 0.25) is 5.88 Å². The van der Waals surface area contributed by atoms with E-state index >= 15 is 0 Å². The van der Waals surface area contributed by atoms with Gasteiger partial charge >= 0.3 is 0 Å². The summed E-state index contributed by atoms with van der Waals surface area (Å²) in [5, 5.41) is -1.32. The fourth-order valence-electron chi connectivity index (χ4n) is 0.967. The molecule has 0 aromatic carbocycles. The van der Waals surface area contributed by atoms with Gasteiger partial charge in [-0.1, -0.05) is 0 Å². The monoisotopic (exact) mass is 239 g/mol. The quantitative estimate of drug-likeness (QED) is 0.761. The highest BCUT2D eigenvalue weighted by Crippen LogP contribution is 2.27. The number of alkyl halides is 2. The number of hydrogen-bond donors (Lipinski definition) is 0. The summed E-state index contributed by atoms with van der Waals surface area (Å²) in [6, 6.07) is 0.710. The van der Waals surface area contributed by atoms with Crippen molar-refractivity contribution in [2.24, 2.45) is 0 Å². The van der Waals surface area contributed by atoms with Crippen LogP contribution in [0, 0.1) is 5.82 Å². The molecular weight excluding hydrogens is 235 g/mol. The maximum absolute atomic E-state index is 13.2. The summed E-state index contributed by atoms with van der Waals surface area (Å²) in [6.07, 6.45) is -3.10. The van der Waals surface area contributed by atoms with Crippen molar-refractivity contribution in [2.75, 3.05) is 7.11 Å². The summed E-state index contributed by atoms with van der Waals surface area (Å²) in [6.45, 7) is 0. The molecule has 15 heavy (non-hydrogen) atoms. The second-order valence-electron chi connectivity index (χ2n) is 2.48. The lowest BCUT2D eigenvalue weighted by Gasteiger charge is -2.07. The molecule has 0 aliphatic rings. The largest absolute Gasteiger partial charge is 0.481 e. The van der Waals surface area contributed by atoms with Gasteiger partial charge in [0, 0.05) is 6.07 Å². The Hall–Kier alpha value is -1.30. The van der Waals surface area contributed by atoms with E-state index in [0.29, 0.717) is 6.07 Å². The van der Waals surface area contributed by atoms with E-state index in [1.54, 1.807) is 0 Å². The molecule has 7 heteroatoms. The molecule has 1 heterocycles. The Balaban J connectivity index is 3.42. The summed E-state index contributed by atoms with van der Waals surface area (Å²) in [7, 11) is 1.14. The minimum Gasteiger partial charge on any atom is -0.481 e. The van der Waals surface area contributed by atoms with Gasteiger partial charge in [-0.3, -0.25) is 4.79 Å². The van der Waals surface area contributed by atoms with E-state index in [0.717, 1.165) is 7.11 Å². The number of halogens is 4. The molecule has 0 aliphatic heterocycles. The van der Waals surface area contributed by atoms with Crippen LogP contribution in [0.4, 0.5) is 13.2 Å². The first-order valence-electron chi connectivity index (χ1n) is 3.69. The van der Waals surface area contributed by atoms with Crippen molar-refractivity contribution in [1.82, 2.24) is 4.98 Å². The van der Waals surface area contributed by atoms with E-state index in [2.05, 4.69) is 9.72 Å². The van der Waals surface area contributed by atoms with Crippen LogP contribution in [-0.4, -0.2) is 17.3 Å². The Morgan fingerprint density at radius 3 is 2.60 bits per heavy atom. The smallest absolute Gasteiger partial charge is 0.281 e. The van der Waals surface area contributed by atoms with Gasteiger partial charge in [0.1, 0.15) is 11.5 Å². The van der Waals surface area contributed by atoms with Crippen LogP contribution in [0.15, 0.2) is 6.07 Å². The van der Waals surface area contributed by atoms with Gasteiger partial charge in [-0.05, 0) is 11.6 Å². The molecule has 3 nitrogen and oxygen atoms in total. The van der Waals surface area contributed by atoms with Crippen molar-refractivity contribution in [3.63, 3.8) is 0 Å². The Labute approximate surface area is 87.8 Å². The lowest BCUT2D eigenvalue weighted by atomic mass is 10.2. The van der Waals surface area contributed by atoms with Crippen molar-refractivity contribution >= 4 is 16.8 Å². The van der Waals surface area contributed by atoms with Crippen molar-refractivity contribution in [2.45, 2.75) is 6.43 Å². The molecule has 0 bridgehead atoms. The van der Waals surface area contributed by atoms with E-state index in [-0.39, 0.29) is 5.88 Å². The molecule has 1 rings (SSSR count). The molecule has 0 saturated heterocycles. The standard InChI is InChI=1S/C8H5ClF3NO2/c1-15-4-2-3(10)5(7(9)14)6(13-4)8(11)12/h2,8H,1H3. The zero-order chi connectivity index (χ0) is 11.6. The van der Waals surface area contributed by atoms with Gasteiger partial charge in [0.15, 0.2) is 0 Å². The first-order chi connectivity index (χ1) is 6.97. The number of carbonyl (C=O) groups is 1. The summed E-state index contributed by atoms with van der Waals surface area (Å²) < 4.78 is 42.4. The number of methoxy groups -OCH3 is 1. The van der Waals surface area contributed by atoms with Crippen molar-refractivity contribution in [1.29, 1.82) is 0 Å². The van der Waals surface area contributed by atoms with E-state index in [4.69, 9.17) is 11.6 Å². The predicted octanol–water partition coefficient (Wildman–Crippen LogP) is 2.55. The van der Waals surface area contributed by atoms with E-state index in [1.807, 2.05) is 0 Å². The Kier molecular flexibility index (Phi) is 3.52. The van der Waals surface area contributed by atoms with Gasteiger partial charge in [0.05, 0.1) is 12.7 Å². The molecular formula is C8H5ClF3NO2. The highest BCUT2D eigenvalue weighted by molar-refractivity contribution is 6.67. The van der Waals surface area contributed by atoms with E-state index < -0.39 is 28.7 Å². The van der Waals surface area contributed by atoms with Crippen LogP contribution in [0.2, 0.25) is 0 Å². The minimum atomic E-state index is -3.10. The van der Waals surface area contributed by atoms with Crippen LogP contribution >= 0.6 is 11.6 Å². The van der Waals surface area contributed by atoms with Crippen LogP contribution in [-0.2, 0) is 0 Å². The highest BCUT2D eigenvalue weighted by atomic mass is 35.5. The number of rotatable bonds is 3. The molecule has 0 amide bonds. The molecule has 1 aromatic heterocycles. The molecule has 82 valence electrons. The van der Waals surface area contributed by atoms with Crippen LogP contribution in [0.1, 0.15) is 22.5 Å². The third kappa shape index (κ3) is 2.38. The first-order valence-corrected chi connectivity index (χ1v) is 4.07. The fourth-order valence-corrected chi connectivity index (χ4v) is 1.15. The van der Waals surface area contributed by atoms with Gasteiger partial charge in [-0.25, -0.2) is 18.2 Å². The van der Waals surface area contributed by atoms with E-state index in [1.165, 1.54) is 0 Å². The molecule has 0 aliphatic carbocycles. The first kappa shape index (κ1) is 11.8. The lowest BCUT2D eigenvalue weighted by molar-refractivity contribution is 0.105. The minimum absolute atomic E-state index is 0.343. The molecule has 0 N–H and O–H groups in total. The lowest BCUT2D eigenvalue weighted by Crippen LogP contribution is -2.06. The maximum atomic E-state index is 13.2. The van der Waals surface area contributed by atoms with Crippen molar-refractivity contribution in [3.05, 3.63) is 23.1 Å². The van der Waals surface area contributed by atoms with Crippen LogP contribution in [0.5, 0.6) is 5.88 Å². The number of hydrogen-bond acceptors (Lipinski definition) is 3. The number of ether oxygens (including phenoxy) is 1. The number of carbonyl (C=O) groups excluding carboxylic acids is 1. The summed E-state index contributed by atoms with van der Waals surface area (Å²) in [4.78, 5) is 14.0. The Morgan fingerprint density at radius 1 is 1.60 bits per heavy atom. The zero-order valence-corrected chi connectivity index (χ0v) is 8.19. The number of pyridine rings is 1. The third-order valence-electron chi connectivity index (χ3n) is 1.59. The van der Waals surface area contributed by atoms with Crippen molar-refractivity contribution < 1.29 is 22.7 Å². The molecule has 0 saturated carbocycles. The molecule has 0 atom stereocenters. The van der Waals surface area contributed by atoms with Crippen LogP contribution in [0.3, 0.4) is 0 Å². The third-order valence-corrected chi connectivity index (χ3v) is 1.78. The molecule has 0 radical (unpaired) electrons. The Bertz CT molecular complexity index is 398.